The van der Waals surface area contributed by atoms with Crippen LogP contribution < -0.4 is 15.4 Å². The molecule has 0 fully saturated rings. The van der Waals surface area contributed by atoms with Gasteiger partial charge in [-0.1, -0.05) is 12.1 Å². The van der Waals surface area contributed by atoms with Crippen LogP contribution in [0.2, 0.25) is 0 Å². The third kappa shape index (κ3) is 7.77. The summed E-state index contributed by atoms with van der Waals surface area (Å²) in [7, 11) is -2.58. The molecule has 0 aliphatic heterocycles. The molecule has 0 saturated carbocycles. The van der Waals surface area contributed by atoms with Gasteiger partial charge in [0.05, 0.1) is 27.9 Å². The van der Waals surface area contributed by atoms with Crippen LogP contribution in [0.15, 0.2) is 71.9 Å². The molecule has 2 amide bonds. The van der Waals surface area contributed by atoms with Gasteiger partial charge in [0.25, 0.3) is 0 Å². The van der Waals surface area contributed by atoms with Gasteiger partial charge in [-0.15, -0.1) is 0 Å². The maximum atomic E-state index is 13.2. The number of hydrogen-bond donors (Lipinski definition) is 3. The smallest absolute Gasteiger partial charge is 0.412 e. The fourth-order valence-electron chi connectivity index (χ4n) is 2.75. The van der Waals surface area contributed by atoms with Crippen molar-refractivity contribution in [3.8, 4) is 0 Å². The maximum Gasteiger partial charge on any atom is 0.417 e. The molecule has 14 heteroatoms. The molecule has 3 rings (SSSR count). The molecule has 35 heavy (non-hydrogen) atoms. The number of urea groups is 1. The number of aromatic nitrogens is 1. The van der Waals surface area contributed by atoms with Gasteiger partial charge in [-0.25, -0.2) is 13.7 Å². The van der Waals surface area contributed by atoms with Crippen LogP contribution in [-0.2, 0) is 29.9 Å². The van der Waals surface area contributed by atoms with Gasteiger partial charge in [-0.2, -0.15) is 26.3 Å². The van der Waals surface area contributed by atoms with Crippen molar-refractivity contribution in [3.63, 3.8) is 0 Å². The molecular weight excluding hydrogens is 502 g/mol. The number of nitrogens with zero attached hydrogens (tertiary/aromatic N) is 1. The van der Waals surface area contributed by atoms with Crippen molar-refractivity contribution in [1.29, 1.82) is 0 Å². The Hall–Kier alpha value is -3.49. The van der Waals surface area contributed by atoms with Crippen LogP contribution in [0.1, 0.15) is 16.7 Å². The highest BCUT2D eigenvalue weighted by Gasteiger charge is 2.38. The van der Waals surface area contributed by atoms with Crippen molar-refractivity contribution in [2.45, 2.75) is 23.8 Å². The monoisotopic (exact) mass is 520 g/mol. The fourth-order valence-corrected chi connectivity index (χ4v) is 3.82. The van der Waals surface area contributed by atoms with E-state index in [1.54, 1.807) is 18.3 Å². The quantitative estimate of drug-likeness (QED) is 0.408. The minimum absolute atomic E-state index is 0. The first-order valence-electron chi connectivity index (χ1n) is 9.44. The van der Waals surface area contributed by atoms with E-state index in [0.717, 1.165) is 0 Å². The van der Waals surface area contributed by atoms with Crippen LogP contribution in [0.3, 0.4) is 0 Å². The minimum Gasteiger partial charge on any atom is -0.412 e. The van der Waals surface area contributed by atoms with E-state index in [2.05, 4.69) is 20.3 Å². The molecule has 3 aromatic rings. The predicted octanol–water partition coefficient (Wildman–Crippen LogP) is 4.75. The summed E-state index contributed by atoms with van der Waals surface area (Å²) < 4.78 is 93.1. The van der Waals surface area contributed by atoms with E-state index in [9.17, 15) is 35.3 Å². The van der Waals surface area contributed by atoms with Crippen molar-refractivity contribution in [3.05, 3.63) is 83.7 Å². The van der Waals surface area contributed by atoms with Crippen molar-refractivity contribution >= 4 is 28.4 Å². The van der Waals surface area contributed by atoms with Gasteiger partial charge in [0.2, 0.25) is 0 Å². The lowest BCUT2D eigenvalue weighted by molar-refractivity contribution is -0.143. The first kappa shape index (κ1) is 27.8. The van der Waals surface area contributed by atoms with Gasteiger partial charge in [0.1, 0.15) is 11.0 Å². The van der Waals surface area contributed by atoms with Gasteiger partial charge in [0, 0.05) is 18.4 Å². The molecule has 0 aliphatic carbocycles. The second-order valence-corrected chi connectivity index (χ2v) is 8.08. The Kier molecular flexibility index (Phi) is 8.95. The van der Waals surface area contributed by atoms with E-state index in [4.69, 9.17) is 0 Å². The Morgan fingerprint density at radius 1 is 0.886 bits per heavy atom. The number of anilines is 2. The molecular formula is C21H18F6N4O3S. The summed E-state index contributed by atoms with van der Waals surface area (Å²) in [5.74, 6) is 0. The topological polar surface area (TPSA) is 115 Å². The number of nitrogens with one attached hydrogen (secondary N) is 3. The molecule has 0 aliphatic rings. The van der Waals surface area contributed by atoms with Gasteiger partial charge in [0.15, 0.2) is 0 Å². The van der Waals surface area contributed by atoms with E-state index in [-0.39, 0.29) is 24.2 Å². The summed E-state index contributed by atoms with van der Waals surface area (Å²) in [6, 6.07) is 9.50. The van der Waals surface area contributed by atoms with E-state index in [0.29, 0.717) is 23.0 Å². The molecule has 7 nitrogen and oxygen atoms in total. The third-order valence-corrected chi connectivity index (χ3v) is 5.50. The molecule has 1 atom stereocenters. The lowest BCUT2D eigenvalue weighted by Crippen LogP contribution is -2.22. The van der Waals surface area contributed by atoms with Gasteiger partial charge in [-0.3, -0.25) is 4.98 Å². The van der Waals surface area contributed by atoms with Crippen LogP contribution in [0.4, 0.5) is 42.5 Å². The number of alkyl halides is 6. The van der Waals surface area contributed by atoms with Crippen molar-refractivity contribution in [2.24, 2.45) is 0 Å². The molecule has 2 aromatic carbocycles. The van der Waals surface area contributed by atoms with Crippen molar-refractivity contribution in [1.82, 2.24) is 9.71 Å². The fraction of sp³-hybridized carbons (Fsp3) is 0.143. The van der Waals surface area contributed by atoms with Crippen molar-refractivity contribution < 1.29 is 40.8 Å². The van der Waals surface area contributed by atoms with Gasteiger partial charge in [-0.05, 0) is 48.0 Å². The Labute approximate surface area is 197 Å². The van der Waals surface area contributed by atoms with E-state index in [1.165, 1.54) is 30.5 Å². The highest BCUT2D eigenvalue weighted by molar-refractivity contribution is 7.83. The zero-order chi connectivity index (χ0) is 24.9. The van der Waals surface area contributed by atoms with Crippen LogP contribution in [0.5, 0.6) is 0 Å². The lowest BCUT2D eigenvalue weighted by atomic mass is 10.1. The largest absolute Gasteiger partial charge is 0.417 e. The lowest BCUT2D eigenvalue weighted by Gasteiger charge is -2.16. The Morgan fingerprint density at radius 2 is 1.54 bits per heavy atom. The molecule has 5 N–H and O–H groups in total. The number of halogens is 6. The average Bonchev–Trinajstić information content (AvgIpc) is 2.77. The second-order valence-electron chi connectivity index (χ2n) is 6.81. The van der Waals surface area contributed by atoms with Crippen LogP contribution >= 0.6 is 0 Å². The predicted molar refractivity (Wildman–Crippen MR) is 117 cm³/mol. The summed E-state index contributed by atoms with van der Waals surface area (Å²) in [4.78, 5) is 14.8. The Bertz CT molecular complexity index is 1170. The first-order chi connectivity index (χ1) is 15.9. The van der Waals surface area contributed by atoms with E-state index < -0.39 is 45.4 Å². The van der Waals surface area contributed by atoms with Crippen LogP contribution in [0, 0.1) is 0 Å². The molecule has 0 bridgehead atoms. The summed E-state index contributed by atoms with van der Waals surface area (Å²) in [5.41, 5.74) is -1.44. The van der Waals surface area contributed by atoms with Crippen LogP contribution in [0.25, 0.3) is 0 Å². The Morgan fingerprint density at radius 3 is 2.11 bits per heavy atom. The Balaban J connectivity index is 0.00000432. The summed E-state index contributed by atoms with van der Waals surface area (Å²) in [6.07, 6.45) is -6.89. The van der Waals surface area contributed by atoms with Crippen LogP contribution in [-0.4, -0.2) is 20.7 Å². The summed E-state index contributed by atoms with van der Waals surface area (Å²) in [5, 5.41) is 5.12. The van der Waals surface area contributed by atoms with Crippen molar-refractivity contribution in [2.75, 3.05) is 10.6 Å². The summed E-state index contributed by atoms with van der Waals surface area (Å²) in [6.45, 7) is -0.206. The zero-order valence-electron chi connectivity index (χ0n) is 17.5. The first-order valence-corrected chi connectivity index (χ1v) is 10.6. The normalized spacial score (nSPS) is 12.4. The molecule has 0 radical (unpaired) electrons. The van der Waals surface area contributed by atoms with E-state index in [1.807, 2.05) is 0 Å². The molecule has 1 aromatic heterocycles. The molecule has 0 saturated heterocycles. The SMILES string of the molecule is O.O=C(Nc1ccc(CNS(=O)c2cc(C(F)(F)F)ccc2C(F)(F)F)cc1)Nc1cccnc1. The minimum atomic E-state index is -4.99. The van der Waals surface area contributed by atoms with Gasteiger partial charge >= 0.3 is 18.4 Å². The number of carbonyl (C=O) groups is 1. The molecule has 188 valence electrons. The molecule has 0 spiro atoms. The number of benzene rings is 2. The second kappa shape index (κ2) is 11.3. The maximum absolute atomic E-state index is 13.2. The average molecular weight is 520 g/mol. The number of hydrogen-bond acceptors (Lipinski definition) is 3. The number of pyridine rings is 1. The highest BCUT2D eigenvalue weighted by atomic mass is 32.2. The number of carbonyl (C=O) groups excluding carboxylic acids is 1. The number of rotatable bonds is 6. The number of amides is 2. The molecule has 1 unspecified atom stereocenters. The van der Waals surface area contributed by atoms with Gasteiger partial charge < -0.3 is 16.1 Å². The third-order valence-electron chi connectivity index (χ3n) is 4.35. The summed E-state index contributed by atoms with van der Waals surface area (Å²) >= 11 is 0. The molecule has 1 heterocycles. The van der Waals surface area contributed by atoms with E-state index >= 15 is 0 Å². The highest BCUT2D eigenvalue weighted by Crippen LogP contribution is 2.37. The standard InChI is InChI=1S/C21H16F6N4O2S.H2O/c22-20(23,24)14-5-8-17(21(25,26)27)18(10-14)34(33)29-11-13-3-6-15(7-4-13)30-19(32)31-16-2-1-9-28-12-16;/h1-10,12,29H,11H2,(H2,30,31,32);1H2. The zero-order valence-corrected chi connectivity index (χ0v) is 18.3.